The maximum absolute atomic E-state index is 5.51. The van der Waals surface area contributed by atoms with Crippen molar-refractivity contribution in [2.45, 2.75) is 11.7 Å². The number of nitrogens with two attached hydrogens (primary N) is 1. The van der Waals surface area contributed by atoms with E-state index in [9.17, 15) is 0 Å². The van der Waals surface area contributed by atoms with Crippen molar-refractivity contribution in [1.29, 1.82) is 0 Å². The highest BCUT2D eigenvalue weighted by molar-refractivity contribution is 7.98. The Kier molecular flexibility index (Phi) is 3.43. The third-order valence-electron chi connectivity index (χ3n) is 2.03. The van der Waals surface area contributed by atoms with Gasteiger partial charge in [-0.2, -0.15) is 10.2 Å². The fourth-order valence-electron chi connectivity index (χ4n) is 1.25. The molecule has 2 heterocycles. The van der Waals surface area contributed by atoms with Gasteiger partial charge in [-0.05, 0) is 18.4 Å². The number of hydrogen-bond donors (Lipinski definition) is 1. The SMILES string of the molecule is CSc1nccc(-c2cnnc(CN)c2)n1. The smallest absolute Gasteiger partial charge is 0.187 e. The summed E-state index contributed by atoms with van der Waals surface area (Å²) in [6.07, 6.45) is 5.34. The van der Waals surface area contributed by atoms with Crippen molar-refractivity contribution in [2.75, 3.05) is 6.26 Å². The molecule has 0 aliphatic carbocycles. The summed E-state index contributed by atoms with van der Waals surface area (Å²) in [5.41, 5.74) is 8.01. The maximum atomic E-state index is 5.51. The van der Waals surface area contributed by atoms with E-state index in [1.54, 1.807) is 12.4 Å². The van der Waals surface area contributed by atoms with E-state index >= 15 is 0 Å². The minimum atomic E-state index is 0.376. The Bertz CT molecular complexity index is 443. The van der Waals surface area contributed by atoms with E-state index in [-0.39, 0.29) is 0 Å². The number of hydrogen-bond acceptors (Lipinski definition) is 6. The van der Waals surface area contributed by atoms with E-state index in [1.807, 2.05) is 18.4 Å². The molecule has 2 rings (SSSR count). The topological polar surface area (TPSA) is 77.6 Å². The Morgan fingerprint density at radius 3 is 3.06 bits per heavy atom. The second-order valence-corrected chi connectivity index (χ2v) is 3.84. The second-order valence-electron chi connectivity index (χ2n) is 3.07. The van der Waals surface area contributed by atoms with Crippen LogP contribution >= 0.6 is 11.8 Å². The van der Waals surface area contributed by atoms with Gasteiger partial charge in [0.15, 0.2) is 5.16 Å². The van der Waals surface area contributed by atoms with Gasteiger partial charge in [0.25, 0.3) is 0 Å². The molecule has 0 bridgehead atoms. The first-order valence-electron chi connectivity index (χ1n) is 4.72. The Balaban J connectivity index is 2.41. The van der Waals surface area contributed by atoms with Gasteiger partial charge in [-0.15, -0.1) is 0 Å². The molecule has 0 spiro atoms. The van der Waals surface area contributed by atoms with Gasteiger partial charge in [0, 0.05) is 18.3 Å². The van der Waals surface area contributed by atoms with Crippen LogP contribution in [-0.4, -0.2) is 26.4 Å². The second kappa shape index (κ2) is 5.00. The van der Waals surface area contributed by atoms with E-state index in [2.05, 4.69) is 20.2 Å². The molecule has 0 aliphatic heterocycles. The first-order chi connectivity index (χ1) is 7.83. The normalized spacial score (nSPS) is 10.4. The van der Waals surface area contributed by atoms with Crippen LogP contribution in [0.1, 0.15) is 5.69 Å². The average Bonchev–Trinajstić information content (AvgIpc) is 2.39. The van der Waals surface area contributed by atoms with Crippen molar-refractivity contribution >= 4 is 11.8 Å². The summed E-state index contributed by atoms with van der Waals surface area (Å²) in [5.74, 6) is 0. The highest BCUT2D eigenvalue weighted by atomic mass is 32.2. The van der Waals surface area contributed by atoms with Crippen molar-refractivity contribution in [3.63, 3.8) is 0 Å². The minimum Gasteiger partial charge on any atom is -0.325 e. The highest BCUT2D eigenvalue weighted by Gasteiger charge is 2.03. The predicted molar refractivity (Wildman–Crippen MR) is 62.7 cm³/mol. The molecule has 2 aromatic heterocycles. The summed E-state index contributed by atoms with van der Waals surface area (Å²) in [6, 6.07) is 3.73. The summed E-state index contributed by atoms with van der Waals surface area (Å²) in [6.45, 7) is 0.376. The van der Waals surface area contributed by atoms with E-state index in [0.717, 1.165) is 22.1 Å². The lowest BCUT2D eigenvalue weighted by Crippen LogP contribution is -2.01. The van der Waals surface area contributed by atoms with Gasteiger partial charge in [-0.25, -0.2) is 9.97 Å². The van der Waals surface area contributed by atoms with Crippen molar-refractivity contribution in [1.82, 2.24) is 20.2 Å². The summed E-state index contributed by atoms with van der Waals surface area (Å²) in [5, 5.41) is 8.53. The van der Waals surface area contributed by atoms with Crippen molar-refractivity contribution in [3.8, 4) is 11.3 Å². The Labute approximate surface area is 97.5 Å². The lowest BCUT2D eigenvalue weighted by atomic mass is 10.2. The molecule has 0 aromatic carbocycles. The maximum Gasteiger partial charge on any atom is 0.187 e. The molecular weight excluding hydrogens is 222 g/mol. The number of aromatic nitrogens is 4. The molecule has 16 heavy (non-hydrogen) atoms. The van der Waals surface area contributed by atoms with Crippen molar-refractivity contribution in [3.05, 3.63) is 30.2 Å². The quantitative estimate of drug-likeness (QED) is 0.632. The molecule has 2 aromatic rings. The molecule has 0 saturated carbocycles. The Morgan fingerprint density at radius 1 is 1.44 bits per heavy atom. The molecule has 0 atom stereocenters. The summed E-state index contributed by atoms with van der Waals surface area (Å²) >= 11 is 1.50. The van der Waals surface area contributed by atoms with Crippen LogP contribution < -0.4 is 5.73 Å². The molecule has 0 saturated heterocycles. The standard InChI is InChI=1S/C10H11N5S/c1-16-10-12-3-2-9(14-10)7-4-8(5-11)15-13-6-7/h2-4,6H,5,11H2,1H3. The van der Waals surface area contributed by atoms with Gasteiger partial charge in [-0.1, -0.05) is 11.8 Å². The minimum absolute atomic E-state index is 0.376. The van der Waals surface area contributed by atoms with Crippen LogP contribution in [-0.2, 0) is 6.54 Å². The first-order valence-corrected chi connectivity index (χ1v) is 5.95. The number of thioether (sulfide) groups is 1. The fourth-order valence-corrected chi connectivity index (χ4v) is 1.61. The Hall–Kier alpha value is -1.53. The van der Waals surface area contributed by atoms with Gasteiger partial charge >= 0.3 is 0 Å². The lowest BCUT2D eigenvalue weighted by molar-refractivity contribution is 0.896. The largest absolute Gasteiger partial charge is 0.325 e. The van der Waals surface area contributed by atoms with Gasteiger partial charge in [0.1, 0.15) is 0 Å². The van der Waals surface area contributed by atoms with Crippen LogP contribution in [0, 0.1) is 0 Å². The van der Waals surface area contributed by atoms with Crippen LogP contribution in [0.15, 0.2) is 29.7 Å². The third kappa shape index (κ3) is 2.34. The molecule has 0 aliphatic rings. The summed E-state index contributed by atoms with van der Waals surface area (Å²) in [4.78, 5) is 8.50. The highest BCUT2D eigenvalue weighted by Crippen LogP contribution is 2.18. The van der Waals surface area contributed by atoms with Crippen molar-refractivity contribution in [2.24, 2.45) is 5.73 Å². The zero-order valence-electron chi connectivity index (χ0n) is 8.79. The van der Waals surface area contributed by atoms with Crippen LogP contribution in [0.4, 0.5) is 0 Å². The number of nitrogens with zero attached hydrogens (tertiary/aromatic N) is 4. The fraction of sp³-hybridized carbons (Fsp3) is 0.200. The third-order valence-corrected chi connectivity index (χ3v) is 2.59. The molecule has 0 radical (unpaired) electrons. The van der Waals surface area contributed by atoms with Crippen LogP contribution in [0.3, 0.4) is 0 Å². The first kappa shape index (κ1) is 11.0. The zero-order chi connectivity index (χ0) is 11.4. The molecule has 2 N–H and O–H groups in total. The van der Waals surface area contributed by atoms with E-state index in [4.69, 9.17) is 5.73 Å². The van der Waals surface area contributed by atoms with Gasteiger partial charge in [0.2, 0.25) is 0 Å². The number of rotatable bonds is 3. The lowest BCUT2D eigenvalue weighted by Gasteiger charge is -2.02. The predicted octanol–water partition coefficient (Wildman–Crippen LogP) is 1.11. The molecular formula is C10H11N5S. The van der Waals surface area contributed by atoms with Gasteiger partial charge in [0.05, 0.1) is 17.6 Å². The molecule has 5 nitrogen and oxygen atoms in total. The van der Waals surface area contributed by atoms with Crippen molar-refractivity contribution < 1.29 is 0 Å². The zero-order valence-corrected chi connectivity index (χ0v) is 9.61. The molecule has 0 unspecified atom stereocenters. The Morgan fingerprint density at radius 2 is 2.31 bits per heavy atom. The van der Waals surface area contributed by atoms with Gasteiger partial charge in [-0.3, -0.25) is 0 Å². The van der Waals surface area contributed by atoms with E-state index in [1.165, 1.54) is 11.8 Å². The average molecular weight is 233 g/mol. The van der Waals surface area contributed by atoms with Gasteiger partial charge < -0.3 is 5.73 Å². The molecule has 6 heteroatoms. The van der Waals surface area contributed by atoms with Crippen LogP contribution in [0.5, 0.6) is 0 Å². The summed E-state index contributed by atoms with van der Waals surface area (Å²) < 4.78 is 0. The van der Waals surface area contributed by atoms with Crippen LogP contribution in [0.25, 0.3) is 11.3 Å². The molecule has 0 amide bonds. The van der Waals surface area contributed by atoms with Crippen LogP contribution in [0.2, 0.25) is 0 Å². The molecule has 0 fully saturated rings. The summed E-state index contributed by atoms with van der Waals surface area (Å²) in [7, 11) is 0. The van der Waals surface area contributed by atoms with E-state index in [0.29, 0.717) is 6.54 Å². The molecule has 82 valence electrons. The van der Waals surface area contributed by atoms with E-state index < -0.39 is 0 Å². The monoisotopic (exact) mass is 233 g/mol.